The van der Waals surface area contributed by atoms with Crippen LogP contribution >= 0.6 is 0 Å². The molecular weight excluding hydrogens is 144 g/mol. The van der Waals surface area contributed by atoms with Gasteiger partial charge in [-0.15, -0.1) is 0 Å². The first-order valence-corrected chi connectivity index (χ1v) is 4.95. The van der Waals surface area contributed by atoms with Crippen molar-refractivity contribution in [1.29, 1.82) is 0 Å². The normalized spacial score (nSPS) is 23.7. The van der Waals surface area contributed by atoms with Crippen LogP contribution in [0.2, 0.25) is 0 Å². The van der Waals surface area contributed by atoms with Crippen molar-refractivity contribution in [1.82, 2.24) is 0 Å². The second-order valence-electron chi connectivity index (χ2n) is 4.48. The second kappa shape index (κ2) is 2.12. The number of benzene rings is 1. The lowest BCUT2D eigenvalue weighted by atomic mass is 9.67. The van der Waals surface area contributed by atoms with Gasteiger partial charge in [0.1, 0.15) is 0 Å². The van der Waals surface area contributed by atoms with Crippen molar-refractivity contribution in [3.63, 3.8) is 0 Å². The summed E-state index contributed by atoms with van der Waals surface area (Å²) in [5.74, 6) is 0. The average molecular weight is 158 g/mol. The fraction of sp³-hybridized carbons (Fsp3) is 0.500. The van der Waals surface area contributed by atoms with E-state index in [4.69, 9.17) is 0 Å². The van der Waals surface area contributed by atoms with E-state index >= 15 is 0 Å². The van der Waals surface area contributed by atoms with Crippen molar-refractivity contribution >= 4 is 0 Å². The molecule has 1 spiro atoms. The third kappa shape index (κ3) is 0.782. The van der Waals surface area contributed by atoms with Gasteiger partial charge in [0.05, 0.1) is 0 Å². The second-order valence-corrected chi connectivity index (χ2v) is 4.48. The molecule has 1 saturated carbocycles. The quantitative estimate of drug-likeness (QED) is 0.544. The average Bonchev–Trinajstić information content (AvgIpc) is 2.42. The van der Waals surface area contributed by atoms with Crippen molar-refractivity contribution in [3.05, 3.63) is 35.4 Å². The smallest absolute Gasteiger partial charge is 0.0216 e. The van der Waals surface area contributed by atoms with Crippen LogP contribution in [0, 0.1) is 5.41 Å². The molecule has 3 rings (SSSR count). The van der Waals surface area contributed by atoms with Crippen LogP contribution in [-0.4, -0.2) is 0 Å². The van der Waals surface area contributed by atoms with Gasteiger partial charge in [0.25, 0.3) is 0 Å². The summed E-state index contributed by atoms with van der Waals surface area (Å²) < 4.78 is 0. The van der Waals surface area contributed by atoms with Gasteiger partial charge in [-0.25, -0.2) is 0 Å². The van der Waals surface area contributed by atoms with Gasteiger partial charge in [0, 0.05) is 0 Å². The zero-order valence-electron chi connectivity index (χ0n) is 7.34. The minimum atomic E-state index is 0.726. The van der Waals surface area contributed by atoms with Crippen LogP contribution in [0.5, 0.6) is 0 Å². The van der Waals surface area contributed by atoms with E-state index < -0.39 is 0 Å². The summed E-state index contributed by atoms with van der Waals surface area (Å²) >= 11 is 0. The lowest BCUT2D eigenvalue weighted by Crippen LogP contribution is -2.29. The Bertz CT molecular complexity index is 281. The van der Waals surface area contributed by atoms with E-state index in [2.05, 4.69) is 24.3 Å². The molecule has 1 aromatic rings. The molecule has 0 aromatic heterocycles. The Morgan fingerprint density at radius 1 is 0.917 bits per heavy atom. The van der Waals surface area contributed by atoms with Crippen LogP contribution < -0.4 is 0 Å². The third-order valence-corrected chi connectivity index (χ3v) is 3.66. The molecule has 0 radical (unpaired) electrons. The summed E-state index contributed by atoms with van der Waals surface area (Å²) in [6.07, 6.45) is 7.14. The largest absolute Gasteiger partial charge is 0.0620 e. The molecule has 0 saturated heterocycles. The van der Waals surface area contributed by atoms with Gasteiger partial charge < -0.3 is 0 Å². The topological polar surface area (TPSA) is 0 Å². The zero-order chi connectivity index (χ0) is 8.02. The Morgan fingerprint density at radius 2 is 1.50 bits per heavy atom. The van der Waals surface area contributed by atoms with E-state index in [9.17, 15) is 0 Å². The summed E-state index contributed by atoms with van der Waals surface area (Å²) in [7, 11) is 0. The van der Waals surface area contributed by atoms with Crippen LogP contribution in [0.3, 0.4) is 0 Å². The highest BCUT2D eigenvalue weighted by Gasteiger charge is 2.41. The molecule has 0 amide bonds. The predicted molar refractivity (Wildman–Crippen MR) is 50.1 cm³/mol. The molecule has 0 aliphatic heterocycles. The van der Waals surface area contributed by atoms with Crippen molar-refractivity contribution in [2.75, 3.05) is 0 Å². The SMILES string of the molecule is c1ccc2c(c1)CC1(CCC1)C2. The molecule has 0 unspecified atom stereocenters. The molecule has 0 heterocycles. The molecule has 0 N–H and O–H groups in total. The molecule has 2 aliphatic carbocycles. The molecule has 0 heteroatoms. The van der Waals surface area contributed by atoms with Gasteiger partial charge >= 0.3 is 0 Å². The summed E-state index contributed by atoms with van der Waals surface area (Å²) in [6, 6.07) is 8.97. The highest BCUT2D eigenvalue weighted by atomic mass is 14.5. The molecule has 2 aliphatic rings. The lowest BCUT2D eigenvalue weighted by molar-refractivity contribution is 0.149. The molecule has 12 heavy (non-hydrogen) atoms. The Morgan fingerprint density at radius 3 is 1.92 bits per heavy atom. The predicted octanol–water partition coefficient (Wildman–Crippen LogP) is 2.96. The number of hydrogen-bond donors (Lipinski definition) is 0. The van der Waals surface area contributed by atoms with E-state index in [0.717, 1.165) is 5.41 Å². The first kappa shape index (κ1) is 6.71. The van der Waals surface area contributed by atoms with Gasteiger partial charge in [-0.1, -0.05) is 30.7 Å². The zero-order valence-corrected chi connectivity index (χ0v) is 7.34. The van der Waals surface area contributed by atoms with E-state index in [0.29, 0.717) is 0 Å². The minimum Gasteiger partial charge on any atom is -0.0620 e. The van der Waals surface area contributed by atoms with Gasteiger partial charge in [-0.3, -0.25) is 0 Å². The fourth-order valence-electron chi connectivity index (χ4n) is 2.80. The Kier molecular flexibility index (Phi) is 1.19. The van der Waals surface area contributed by atoms with Gasteiger partial charge in [-0.2, -0.15) is 0 Å². The number of hydrogen-bond acceptors (Lipinski definition) is 0. The Balaban J connectivity index is 1.99. The molecular formula is C12H14. The molecule has 0 atom stereocenters. The molecule has 1 fully saturated rings. The maximum Gasteiger partial charge on any atom is -0.0216 e. The standard InChI is InChI=1S/C12H14/c1-2-5-11-9-12(6-3-7-12)8-10(11)4-1/h1-2,4-5H,3,6-9H2. The summed E-state index contributed by atoms with van der Waals surface area (Å²) in [5, 5.41) is 0. The van der Waals surface area contributed by atoms with Crippen molar-refractivity contribution < 1.29 is 0 Å². The first-order valence-electron chi connectivity index (χ1n) is 4.95. The van der Waals surface area contributed by atoms with E-state index in [1.54, 1.807) is 11.1 Å². The number of rotatable bonds is 0. The van der Waals surface area contributed by atoms with Crippen molar-refractivity contribution in [2.45, 2.75) is 32.1 Å². The summed E-state index contributed by atoms with van der Waals surface area (Å²) in [4.78, 5) is 0. The maximum absolute atomic E-state index is 2.31. The van der Waals surface area contributed by atoms with Crippen molar-refractivity contribution in [2.24, 2.45) is 5.41 Å². The van der Waals surface area contributed by atoms with Crippen molar-refractivity contribution in [3.8, 4) is 0 Å². The Labute approximate surface area is 73.6 Å². The first-order chi connectivity index (χ1) is 5.88. The highest BCUT2D eigenvalue weighted by Crippen LogP contribution is 2.50. The minimum absolute atomic E-state index is 0.726. The molecule has 1 aromatic carbocycles. The Hall–Kier alpha value is -0.780. The van der Waals surface area contributed by atoms with E-state index in [1.807, 2.05) is 0 Å². The van der Waals surface area contributed by atoms with E-state index in [-0.39, 0.29) is 0 Å². The van der Waals surface area contributed by atoms with Crippen LogP contribution in [0.15, 0.2) is 24.3 Å². The number of fused-ring (bicyclic) bond motifs is 1. The summed E-state index contributed by atoms with van der Waals surface area (Å²) in [5.41, 5.74) is 3.97. The van der Waals surface area contributed by atoms with Crippen LogP contribution in [0.25, 0.3) is 0 Å². The molecule has 0 nitrogen and oxygen atoms in total. The van der Waals surface area contributed by atoms with Gasteiger partial charge in [-0.05, 0) is 42.2 Å². The van der Waals surface area contributed by atoms with Crippen LogP contribution in [-0.2, 0) is 12.8 Å². The van der Waals surface area contributed by atoms with Crippen LogP contribution in [0.1, 0.15) is 30.4 Å². The molecule has 62 valence electrons. The highest BCUT2D eigenvalue weighted by molar-refractivity contribution is 5.35. The third-order valence-electron chi connectivity index (χ3n) is 3.66. The monoisotopic (exact) mass is 158 g/mol. The van der Waals surface area contributed by atoms with E-state index in [1.165, 1.54) is 32.1 Å². The fourth-order valence-corrected chi connectivity index (χ4v) is 2.80. The summed E-state index contributed by atoms with van der Waals surface area (Å²) in [6.45, 7) is 0. The maximum atomic E-state index is 2.31. The molecule has 0 bridgehead atoms. The van der Waals surface area contributed by atoms with Gasteiger partial charge in [0.15, 0.2) is 0 Å². The van der Waals surface area contributed by atoms with Crippen LogP contribution in [0.4, 0.5) is 0 Å². The lowest BCUT2D eigenvalue weighted by Gasteiger charge is -2.38. The van der Waals surface area contributed by atoms with Gasteiger partial charge in [0.2, 0.25) is 0 Å².